The maximum absolute atomic E-state index is 12.1. The van der Waals surface area contributed by atoms with Crippen molar-refractivity contribution in [2.24, 2.45) is 0 Å². The van der Waals surface area contributed by atoms with E-state index in [1.54, 1.807) is 0 Å². The molecule has 0 aliphatic heterocycles. The third-order valence-corrected chi connectivity index (χ3v) is 2.78. The van der Waals surface area contributed by atoms with Gasteiger partial charge in [0.15, 0.2) is 5.58 Å². The summed E-state index contributed by atoms with van der Waals surface area (Å²) in [5, 5.41) is 0.673. The third-order valence-electron chi connectivity index (χ3n) is 2.78. The number of aromatic nitrogens is 1. The summed E-state index contributed by atoms with van der Waals surface area (Å²) in [6.45, 7) is 2.00. The number of benzene rings is 1. The number of H-pyrrole nitrogens is 1. The van der Waals surface area contributed by atoms with Crippen molar-refractivity contribution < 1.29 is 4.42 Å². The number of pyridine rings is 1. The average Bonchev–Trinajstić information content (AvgIpc) is 2.73. The topological polar surface area (TPSA) is 46.0 Å². The van der Waals surface area contributed by atoms with Crippen molar-refractivity contribution in [2.75, 3.05) is 0 Å². The molecule has 0 unspecified atom stereocenters. The highest BCUT2D eigenvalue weighted by atomic mass is 16.3. The molecule has 2 aromatic heterocycles. The molecule has 16 heavy (non-hydrogen) atoms. The van der Waals surface area contributed by atoms with E-state index < -0.39 is 0 Å². The van der Waals surface area contributed by atoms with E-state index in [4.69, 9.17) is 4.42 Å². The summed E-state index contributed by atoms with van der Waals surface area (Å²) in [6, 6.07) is 9.36. The Morgan fingerprint density at radius 3 is 2.88 bits per heavy atom. The van der Waals surface area contributed by atoms with Crippen molar-refractivity contribution in [3.63, 3.8) is 0 Å². The minimum atomic E-state index is -0.0379. The summed E-state index contributed by atoms with van der Waals surface area (Å²) in [5.74, 6) is 0.832. The molecular formula is C13H11NO2. The monoisotopic (exact) mass is 213 g/mol. The molecule has 3 nitrogen and oxygen atoms in total. The molecule has 0 amide bonds. The van der Waals surface area contributed by atoms with Crippen molar-refractivity contribution in [3.8, 4) is 0 Å². The molecule has 0 saturated heterocycles. The Morgan fingerprint density at radius 2 is 2.06 bits per heavy atom. The van der Waals surface area contributed by atoms with Gasteiger partial charge in [0.2, 0.25) is 5.43 Å². The SMILES string of the molecule is CCc1cc2[nH]c3ccccc3c(=O)c2o1. The fraction of sp³-hybridized carbons (Fsp3) is 0.154. The largest absolute Gasteiger partial charge is 0.455 e. The smallest absolute Gasteiger partial charge is 0.232 e. The van der Waals surface area contributed by atoms with Crippen LogP contribution in [0, 0.1) is 0 Å². The van der Waals surface area contributed by atoms with Gasteiger partial charge in [0, 0.05) is 23.4 Å². The second kappa shape index (κ2) is 3.23. The van der Waals surface area contributed by atoms with Gasteiger partial charge in [-0.2, -0.15) is 0 Å². The van der Waals surface area contributed by atoms with Gasteiger partial charge in [-0.3, -0.25) is 4.79 Å². The predicted octanol–water partition coefficient (Wildman–Crippen LogP) is 2.84. The first-order valence-corrected chi connectivity index (χ1v) is 5.33. The standard InChI is InChI=1S/C13H11NO2/c1-2-8-7-11-13(16-8)12(15)9-5-3-4-6-10(9)14-11/h3-7H,2H2,1H3,(H,14,15). The predicted molar refractivity (Wildman–Crippen MR) is 63.7 cm³/mol. The quantitative estimate of drug-likeness (QED) is 0.675. The molecule has 3 rings (SSSR count). The first-order chi connectivity index (χ1) is 7.79. The molecule has 2 heterocycles. The first-order valence-electron chi connectivity index (χ1n) is 5.33. The number of hydrogen-bond donors (Lipinski definition) is 1. The van der Waals surface area contributed by atoms with E-state index in [0.29, 0.717) is 11.0 Å². The zero-order valence-corrected chi connectivity index (χ0v) is 8.91. The van der Waals surface area contributed by atoms with Gasteiger partial charge in [-0.15, -0.1) is 0 Å². The van der Waals surface area contributed by atoms with Gasteiger partial charge >= 0.3 is 0 Å². The maximum Gasteiger partial charge on any atom is 0.232 e. The fourth-order valence-corrected chi connectivity index (χ4v) is 1.94. The van der Waals surface area contributed by atoms with Crippen molar-refractivity contribution >= 4 is 22.0 Å². The lowest BCUT2D eigenvalue weighted by atomic mass is 10.2. The molecule has 0 fully saturated rings. The maximum atomic E-state index is 12.1. The van der Waals surface area contributed by atoms with Gasteiger partial charge in [-0.25, -0.2) is 0 Å². The molecule has 80 valence electrons. The Morgan fingerprint density at radius 1 is 1.25 bits per heavy atom. The van der Waals surface area contributed by atoms with Crippen LogP contribution in [0.15, 0.2) is 39.5 Å². The van der Waals surface area contributed by atoms with Gasteiger partial charge < -0.3 is 9.40 Å². The van der Waals surface area contributed by atoms with E-state index >= 15 is 0 Å². The lowest BCUT2D eigenvalue weighted by Crippen LogP contribution is -2.01. The Hall–Kier alpha value is -2.03. The number of hydrogen-bond acceptors (Lipinski definition) is 2. The highest BCUT2D eigenvalue weighted by Crippen LogP contribution is 2.18. The zero-order chi connectivity index (χ0) is 11.1. The third kappa shape index (κ3) is 1.18. The molecule has 0 atom stereocenters. The van der Waals surface area contributed by atoms with E-state index in [1.165, 1.54) is 0 Å². The Labute approximate surface area is 91.7 Å². The Balaban J connectivity index is 2.53. The van der Waals surface area contributed by atoms with Crippen LogP contribution in [0.2, 0.25) is 0 Å². The second-order valence-electron chi connectivity index (χ2n) is 3.81. The summed E-state index contributed by atoms with van der Waals surface area (Å²) in [4.78, 5) is 15.3. The molecule has 0 aliphatic carbocycles. The summed E-state index contributed by atoms with van der Waals surface area (Å²) in [7, 11) is 0. The molecule has 1 aromatic carbocycles. The van der Waals surface area contributed by atoms with Gasteiger partial charge in [-0.05, 0) is 12.1 Å². The number of fused-ring (bicyclic) bond motifs is 2. The molecular weight excluding hydrogens is 202 g/mol. The van der Waals surface area contributed by atoms with Crippen LogP contribution >= 0.6 is 0 Å². The number of rotatable bonds is 1. The van der Waals surface area contributed by atoms with E-state index in [9.17, 15) is 4.79 Å². The van der Waals surface area contributed by atoms with Crippen LogP contribution in [-0.4, -0.2) is 4.98 Å². The molecule has 0 radical (unpaired) electrons. The number of aromatic amines is 1. The molecule has 3 aromatic rings. The minimum Gasteiger partial charge on any atom is -0.455 e. The number of aryl methyl sites for hydroxylation is 1. The van der Waals surface area contributed by atoms with Gasteiger partial charge in [-0.1, -0.05) is 19.1 Å². The summed E-state index contributed by atoms with van der Waals surface area (Å²) >= 11 is 0. The molecule has 3 heteroatoms. The highest BCUT2D eigenvalue weighted by molar-refractivity contribution is 5.89. The van der Waals surface area contributed by atoms with Gasteiger partial charge in [0.25, 0.3) is 0 Å². The molecule has 0 aliphatic rings. The van der Waals surface area contributed by atoms with Crippen LogP contribution in [0.5, 0.6) is 0 Å². The minimum absolute atomic E-state index is 0.0379. The summed E-state index contributed by atoms with van der Waals surface area (Å²) in [5.41, 5.74) is 2.02. The van der Waals surface area contributed by atoms with Crippen LogP contribution in [0.1, 0.15) is 12.7 Å². The second-order valence-corrected chi connectivity index (χ2v) is 3.81. The highest BCUT2D eigenvalue weighted by Gasteiger charge is 2.09. The van der Waals surface area contributed by atoms with Crippen molar-refractivity contribution in [1.29, 1.82) is 0 Å². The average molecular weight is 213 g/mol. The van der Waals surface area contributed by atoms with Crippen LogP contribution in [0.4, 0.5) is 0 Å². The summed E-state index contributed by atoms with van der Waals surface area (Å²) < 4.78 is 5.51. The van der Waals surface area contributed by atoms with Crippen molar-refractivity contribution in [3.05, 3.63) is 46.3 Å². The van der Waals surface area contributed by atoms with E-state index in [1.807, 2.05) is 37.3 Å². The van der Waals surface area contributed by atoms with E-state index in [2.05, 4.69) is 4.98 Å². The van der Waals surface area contributed by atoms with Crippen molar-refractivity contribution in [2.45, 2.75) is 13.3 Å². The number of furan rings is 1. The molecule has 1 N–H and O–H groups in total. The van der Waals surface area contributed by atoms with Crippen LogP contribution in [-0.2, 0) is 6.42 Å². The normalized spacial score (nSPS) is 11.3. The Kier molecular flexibility index (Phi) is 1.86. The molecule has 0 bridgehead atoms. The first kappa shape index (κ1) is 9.21. The molecule has 0 saturated carbocycles. The van der Waals surface area contributed by atoms with E-state index in [-0.39, 0.29) is 5.43 Å². The van der Waals surface area contributed by atoms with Crippen molar-refractivity contribution in [1.82, 2.24) is 4.98 Å². The Bertz CT molecular complexity index is 721. The lowest BCUT2D eigenvalue weighted by molar-refractivity contribution is 0.555. The van der Waals surface area contributed by atoms with Gasteiger partial charge in [0.1, 0.15) is 5.76 Å². The molecule has 0 spiro atoms. The number of nitrogens with one attached hydrogen (secondary N) is 1. The zero-order valence-electron chi connectivity index (χ0n) is 8.91. The lowest BCUT2D eigenvalue weighted by Gasteiger charge is -1.96. The van der Waals surface area contributed by atoms with Crippen LogP contribution < -0.4 is 5.43 Å². The number of para-hydroxylation sites is 1. The summed E-state index contributed by atoms with van der Waals surface area (Å²) in [6.07, 6.45) is 0.790. The van der Waals surface area contributed by atoms with Crippen LogP contribution in [0.25, 0.3) is 22.0 Å². The van der Waals surface area contributed by atoms with Crippen LogP contribution in [0.3, 0.4) is 0 Å². The van der Waals surface area contributed by atoms with E-state index in [0.717, 1.165) is 23.2 Å². The van der Waals surface area contributed by atoms with Gasteiger partial charge in [0.05, 0.1) is 5.52 Å². The fourth-order valence-electron chi connectivity index (χ4n) is 1.94.